The normalized spacial score (nSPS) is 11.0. The van der Waals surface area contributed by atoms with Gasteiger partial charge in [0.25, 0.3) is 0 Å². The maximum absolute atomic E-state index is 13.3. The molecule has 0 saturated carbocycles. The predicted molar refractivity (Wildman–Crippen MR) is 83.9 cm³/mol. The van der Waals surface area contributed by atoms with E-state index in [0.29, 0.717) is 16.5 Å². The lowest BCUT2D eigenvalue weighted by Gasteiger charge is -2.06. The first kappa shape index (κ1) is 14.0. The number of fused-ring (bicyclic) bond motifs is 1. The molecule has 0 fully saturated rings. The van der Waals surface area contributed by atoms with Crippen LogP contribution in [0.15, 0.2) is 42.5 Å². The number of benzene rings is 2. The van der Waals surface area contributed by atoms with Crippen molar-refractivity contribution in [3.05, 3.63) is 59.0 Å². The summed E-state index contributed by atoms with van der Waals surface area (Å²) in [6, 6.07) is 12.2. The monoisotopic (exact) mass is 300 g/mol. The van der Waals surface area contributed by atoms with Crippen LogP contribution in [0.1, 0.15) is 18.9 Å². The molecule has 0 aliphatic heterocycles. The van der Waals surface area contributed by atoms with E-state index in [1.165, 1.54) is 17.7 Å². The van der Waals surface area contributed by atoms with Crippen LogP contribution in [-0.4, -0.2) is 9.97 Å². The third-order valence-electron chi connectivity index (χ3n) is 3.34. The Morgan fingerprint density at radius 2 is 1.95 bits per heavy atom. The lowest BCUT2D eigenvalue weighted by molar-refractivity contribution is 0.628. The fraction of sp³-hybridized carbons (Fsp3) is 0.176. The molecule has 0 aliphatic carbocycles. The second-order valence-electron chi connectivity index (χ2n) is 4.95. The average molecular weight is 301 g/mol. The van der Waals surface area contributed by atoms with Crippen LogP contribution in [0.3, 0.4) is 0 Å². The van der Waals surface area contributed by atoms with Crippen molar-refractivity contribution in [2.75, 3.05) is 0 Å². The maximum Gasteiger partial charge on any atom is 0.161 e. The van der Waals surface area contributed by atoms with Gasteiger partial charge in [-0.05, 0) is 36.2 Å². The molecule has 2 nitrogen and oxygen atoms in total. The van der Waals surface area contributed by atoms with Crippen LogP contribution in [0.5, 0.6) is 0 Å². The molecule has 0 radical (unpaired) electrons. The minimum Gasteiger partial charge on any atom is -0.228 e. The van der Waals surface area contributed by atoms with Crippen molar-refractivity contribution >= 4 is 22.5 Å². The molecule has 1 aromatic heterocycles. The summed E-state index contributed by atoms with van der Waals surface area (Å²) in [5.74, 6) is 0.126. The van der Waals surface area contributed by atoms with Gasteiger partial charge in [-0.2, -0.15) is 0 Å². The van der Waals surface area contributed by atoms with Crippen LogP contribution in [-0.2, 0) is 6.42 Å². The van der Waals surface area contributed by atoms with E-state index in [4.69, 9.17) is 11.6 Å². The summed E-state index contributed by atoms with van der Waals surface area (Å²) in [7, 11) is 0. The van der Waals surface area contributed by atoms with Crippen LogP contribution < -0.4 is 0 Å². The topological polar surface area (TPSA) is 25.8 Å². The van der Waals surface area contributed by atoms with Gasteiger partial charge in [-0.25, -0.2) is 14.4 Å². The molecule has 21 heavy (non-hydrogen) atoms. The van der Waals surface area contributed by atoms with Gasteiger partial charge in [-0.15, -0.1) is 0 Å². The lowest BCUT2D eigenvalue weighted by atomic mass is 10.1. The van der Waals surface area contributed by atoms with Gasteiger partial charge in [0.1, 0.15) is 11.0 Å². The Kier molecular flexibility index (Phi) is 3.84. The molecule has 3 aromatic rings. The highest BCUT2D eigenvalue weighted by Gasteiger charge is 2.09. The van der Waals surface area contributed by atoms with Gasteiger partial charge in [0.2, 0.25) is 0 Å². The number of aryl methyl sites for hydroxylation is 1. The summed E-state index contributed by atoms with van der Waals surface area (Å²) in [6.45, 7) is 2.13. The van der Waals surface area contributed by atoms with Crippen molar-refractivity contribution in [3.8, 4) is 11.4 Å². The van der Waals surface area contributed by atoms with E-state index in [2.05, 4.69) is 16.9 Å². The fourth-order valence-electron chi connectivity index (χ4n) is 2.34. The first-order valence-corrected chi connectivity index (χ1v) is 7.27. The second kappa shape index (κ2) is 5.78. The molecule has 1 heterocycles. The van der Waals surface area contributed by atoms with Gasteiger partial charge in [-0.1, -0.05) is 43.1 Å². The fourth-order valence-corrected chi connectivity index (χ4v) is 2.57. The summed E-state index contributed by atoms with van der Waals surface area (Å²) >= 11 is 6.28. The molecule has 0 spiro atoms. The van der Waals surface area contributed by atoms with E-state index in [0.717, 1.165) is 23.7 Å². The zero-order valence-electron chi connectivity index (χ0n) is 11.6. The summed E-state index contributed by atoms with van der Waals surface area (Å²) in [4.78, 5) is 8.79. The van der Waals surface area contributed by atoms with Gasteiger partial charge in [0, 0.05) is 10.9 Å². The van der Waals surface area contributed by atoms with Gasteiger partial charge < -0.3 is 0 Å². The van der Waals surface area contributed by atoms with Crippen molar-refractivity contribution in [1.82, 2.24) is 9.97 Å². The summed E-state index contributed by atoms with van der Waals surface area (Å²) in [5, 5.41) is 1.24. The molecule has 3 rings (SSSR count). The van der Waals surface area contributed by atoms with E-state index in [1.807, 2.05) is 18.2 Å². The van der Waals surface area contributed by atoms with Crippen molar-refractivity contribution in [2.24, 2.45) is 0 Å². The van der Waals surface area contributed by atoms with Gasteiger partial charge in [-0.3, -0.25) is 0 Å². The Hall–Kier alpha value is -2.00. The highest BCUT2D eigenvalue weighted by molar-refractivity contribution is 6.34. The van der Waals surface area contributed by atoms with Gasteiger partial charge in [0.05, 0.1) is 5.52 Å². The number of hydrogen-bond acceptors (Lipinski definition) is 2. The molecule has 0 aliphatic rings. The van der Waals surface area contributed by atoms with Crippen LogP contribution in [0.2, 0.25) is 5.15 Å². The number of halogens is 2. The van der Waals surface area contributed by atoms with Crippen LogP contribution in [0.25, 0.3) is 22.3 Å². The minimum atomic E-state index is -0.314. The molecule has 0 amide bonds. The standard InChI is InChI=1S/C17H14ClFN2/c1-2-4-11-7-8-15-14(9-11)16(18)21-17(20-15)12-5-3-6-13(19)10-12/h3,5-10H,2,4H2,1H3. The molecule has 0 unspecified atom stereocenters. The van der Waals surface area contributed by atoms with Crippen LogP contribution >= 0.6 is 11.6 Å². The molecule has 0 saturated heterocycles. The Morgan fingerprint density at radius 1 is 1.10 bits per heavy atom. The van der Waals surface area contributed by atoms with E-state index in [9.17, 15) is 4.39 Å². The van der Waals surface area contributed by atoms with Crippen molar-refractivity contribution in [1.29, 1.82) is 0 Å². The van der Waals surface area contributed by atoms with Crippen molar-refractivity contribution in [2.45, 2.75) is 19.8 Å². The number of nitrogens with zero attached hydrogens (tertiary/aromatic N) is 2. The third-order valence-corrected chi connectivity index (χ3v) is 3.62. The summed E-state index contributed by atoms with van der Waals surface area (Å²) in [6.07, 6.45) is 2.07. The highest BCUT2D eigenvalue weighted by Crippen LogP contribution is 2.26. The zero-order valence-corrected chi connectivity index (χ0v) is 12.4. The smallest absolute Gasteiger partial charge is 0.161 e. The number of hydrogen-bond donors (Lipinski definition) is 0. The Labute approximate surface area is 127 Å². The second-order valence-corrected chi connectivity index (χ2v) is 5.31. The minimum absolute atomic E-state index is 0.314. The number of aromatic nitrogens is 2. The first-order chi connectivity index (χ1) is 10.2. The quantitative estimate of drug-likeness (QED) is 0.633. The zero-order chi connectivity index (χ0) is 14.8. The van der Waals surface area contributed by atoms with Gasteiger partial charge in [0.15, 0.2) is 5.82 Å². The predicted octanol–water partition coefficient (Wildman–Crippen LogP) is 5.04. The lowest BCUT2D eigenvalue weighted by Crippen LogP contribution is -1.93. The van der Waals surface area contributed by atoms with Crippen LogP contribution in [0.4, 0.5) is 4.39 Å². The molecule has 0 atom stereocenters. The first-order valence-electron chi connectivity index (χ1n) is 6.89. The van der Waals surface area contributed by atoms with Gasteiger partial charge >= 0.3 is 0 Å². The SMILES string of the molecule is CCCc1ccc2nc(-c3cccc(F)c3)nc(Cl)c2c1. The van der Waals surface area contributed by atoms with Crippen molar-refractivity contribution in [3.63, 3.8) is 0 Å². The Bertz CT molecular complexity index is 802. The van der Waals surface area contributed by atoms with E-state index >= 15 is 0 Å². The highest BCUT2D eigenvalue weighted by atomic mass is 35.5. The third kappa shape index (κ3) is 2.88. The Morgan fingerprint density at radius 3 is 2.71 bits per heavy atom. The molecule has 4 heteroatoms. The largest absolute Gasteiger partial charge is 0.228 e. The molecule has 106 valence electrons. The van der Waals surface area contributed by atoms with Crippen molar-refractivity contribution < 1.29 is 4.39 Å². The Balaban J connectivity index is 2.13. The van der Waals surface area contributed by atoms with E-state index < -0.39 is 0 Å². The van der Waals surface area contributed by atoms with Crippen LogP contribution in [0, 0.1) is 5.82 Å². The molecule has 0 bridgehead atoms. The molecular formula is C17H14ClFN2. The summed E-state index contributed by atoms with van der Waals surface area (Å²) < 4.78 is 13.3. The summed E-state index contributed by atoms with van der Waals surface area (Å²) in [5.41, 5.74) is 2.61. The molecule has 2 aromatic carbocycles. The maximum atomic E-state index is 13.3. The molecule has 0 N–H and O–H groups in total. The molecular weight excluding hydrogens is 287 g/mol. The average Bonchev–Trinajstić information content (AvgIpc) is 2.48. The van der Waals surface area contributed by atoms with E-state index in [1.54, 1.807) is 12.1 Å². The van der Waals surface area contributed by atoms with E-state index in [-0.39, 0.29) is 5.82 Å². The number of rotatable bonds is 3.